The third-order valence-electron chi connectivity index (χ3n) is 3.41. The fraction of sp³-hybridized carbons (Fsp3) is 0.158. The lowest BCUT2D eigenvalue weighted by Gasteiger charge is -2.09. The van der Waals surface area contributed by atoms with Crippen molar-refractivity contribution in [3.8, 4) is 16.7 Å². The molecule has 0 spiro atoms. The Morgan fingerprint density at radius 3 is 2.46 bits per heavy atom. The highest BCUT2D eigenvalue weighted by atomic mass is 32.1. The number of rotatable bonds is 7. The molecule has 1 heterocycles. The van der Waals surface area contributed by atoms with E-state index in [0.29, 0.717) is 29.8 Å². The van der Waals surface area contributed by atoms with Gasteiger partial charge in [0.2, 0.25) is 0 Å². The summed E-state index contributed by atoms with van der Waals surface area (Å²) in [5.41, 5.74) is 1.68. The zero-order valence-electron chi connectivity index (χ0n) is 14.3. The van der Waals surface area contributed by atoms with E-state index in [1.165, 1.54) is 11.3 Å². The topological polar surface area (TPSA) is 72.5 Å². The first kappa shape index (κ1) is 17.8. The summed E-state index contributed by atoms with van der Waals surface area (Å²) in [5.74, 6) is 1.49. The fourth-order valence-electron chi connectivity index (χ4n) is 2.20. The van der Waals surface area contributed by atoms with Crippen LogP contribution in [-0.4, -0.2) is 17.6 Å². The maximum atomic E-state index is 12.0. The summed E-state index contributed by atoms with van der Waals surface area (Å²) in [4.78, 5) is 16.1. The number of benzene rings is 2. The minimum absolute atomic E-state index is 0.266. The predicted molar refractivity (Wildman–Crippen MR) is 102 cm³/mol. The molecular formula is C19H19N3O3S. The Bertz CT molecular complexity index is 818. The van der Waals surface area contributed by atoms with Gasteiger partial charge in [0.15, 0.2) is 0 Å². The molecule has 7 heteroatoms. The molecule has 0 saturated carbocycles. The Balaban J connectivity index is 1.46. The van der Waals surface area contributed by atoms with Crippen LogP contribution >= 0.6 is 11.3 Å². The second-order valence-corrected chi connectivity index (χ2v) is 6.17. The van der Waals surface area contributed by atoms with E-state index in [9.17, 15) is 4.79 Å². The van der Waals surface area contributed by atoms with Gasteiger partial charge in [-0.15, -0.1) is 0 Å². The molecule has 0 saturated heterocycles. The van der Waals surface area contributed by atoms with E-state index in [0.717, 1.165) is 11.3 Å². The van der Waals surface area contributed by atoms with Crippen molar-refractivity contribution >= 4 is 23.1 Å². The molecule has 0 bridgehead atoms. The standard InChI is InChI=1S/C19H19N3O3S/c1-2-24-16-9-5-15(6-10-16)22-18(23)21-13-14-3-7-17(8-4-14)25-19-20-11-12-26-19/h3-12H,2,13H2,1H3,(H2,21,22,23). The van der Waals surface area contributed by atoms with Crippen molar-refractivity contribution in [2.75, 3.05) is 11.9 Å². The van der Waals surface area contributed by atoms with Crippen LogP contribution in [0.4, 0.5) is 10.5 Å². The molecule has 2 aromatic carbocycles. The number of hydrogen-bond acceptors (Lipinski definition) is 5. The van der Waals surface area contributed by atoms with Crippen molar-refractivity contribution in [3.05, 3.63) is 65.7 Å². The molecule has 2 N–H and O–H groups in total. The molecule has 3 rings (SSSR count). The highest BCUT2D eigenvalue weighted by Gasteiger charge is 2.04. The first-order valence-corrected chi connectivity index (χ1v) is 9.05. The number of carbonyl (C=O) groups excluding carboxylic acids is 1. The molecule has 0 fully saturated rings. The van der Waals surface area contributed by atoms with Crippen molar-refractivity contribution in [2.24, 2.45) is 0 Å². The van der Waals surface area contributed by atoms with Crippen LogP contribution in [-0.2, 0) is 6.54 Å². The van der Waals surface area contributed by atoms with Crippen molar-refractivity contribution in [3.63, 3.8) is 0 Å². The number of amides is 2. The van der Waals surface area contributed by atoms with Crippen LogP contribution in [0.5, 0.6) is 16.7 Å². The van der Waals surface area contributed by atoms with Crippen molar-refractivity contribution in [1.82, 2.24) is 10.3 Å². The minimum atomic E-state index is -0.266. The molecule has 6 nitrogen and oxygen atoms in total. The molecular weight excluding hydrogens is 350 g/mol. The van der Waals surface area contributed by atoms with Gasteiger partial charge in [0.05, 0.1) is 6.61 Å². The summed E-state index contributed by atoms with van der Waals surface area (Å²) in [6.45, 7) is 2.96. The Kier molecular flexibility index (Phi) is 6.05. The molecule has 0 radical (unpaired) electrons. The van der Waals surface area contributed by atoms with Gasteiger partial charge in [-0.2, -0.15) is 0 Å². The summed E-state index contributed by atoms with van der Waals surface area (Å²) in [6.07, 6.45) is 1.70. The monoisotopic (exact) mass is 369 g/mol. The van der Waals surface area contributed by atoms with Crippen LogP contribution in [0, 0.1) is 0 Å². The van der Waals surface area contributed by atoms with E-state index in [2.05, 4.69) is 15.6 Å². The maximum Gasteiger partial charge on any atom is 0.319 e. The van der Waals surface area contributed by atoms with Gasteiger partial charge in [-0.25, -0.2) is 9.78 Å². The molecule has 0 aliphatic carbocycles. The molecule has 0 aliphatic rings. The number of anilines is 1. The number of nitrogens with zero attached hydrogens (tertiary/aromatic N) is 1. The average molecular weight is 369 g/mol. The number of aromatic nitrogens is 1. The van der Waals surface area contributed by atoms with Gasteiger partial charge in [0, 0.05) is 23.8 Å². The Morgan fingerprint density at radius 2 is 1.81 bits per heavy atom. The third kappa shape index (κ3) is 5.22. The number of hydrogen-bond donors (Lipinski definition) is 2. The average Bonchev–Trinajstić information content (AvgIpc) is 3.16. The summed E-state index contributed by atoms with van der Waals surface area (Å²) in [7, 11) is 0. The highest BCUT2D eigenvalue weighted by molar-refractivity contribution is 7.11. The van der Waals surface area contributed by atoms with Crippen LogP contribution in [0.1, 0.15) is 12.5 Å². The molecule has 3 aromatic rings. The van der Waals surface area contributed by atoms with E-state index < -0.39 is 0 Å². The number of urea groups is 1. The van der Waals surface area contributed by atoms with Gasteiger partial charge in [-0.1, -0.05) is 23.5 Å². The minimum Gasteiger partial charge on any atom is -0.494 e. The van der Waals surface area contributed by atoms with Crippen LogP contribution in [0.15, 0.2) is 60.1 Å². The largest absolute Gasteiger partial charge is 0.494 e. The Hall–Kier alpha value is -3.06. The number of thiazole rings is 1. The molecule has 0 atom stereocenters. The second kappa shape index (κ2) is 8.87. The van der Waals surface area contributed by atoms with Gasteiger partial charge in [0.1, 0.15) is 11.5 Å². The smallest absolute Gasteiger partial charge is 0.319 e. The molecule has 2 amide bonds. The summed E-state index contributed by atoms with van der Waals surface area (Å²) in [5, 5.41) is 8.07. The fourth-order valence-corrected chi connectivity index (χ4v) is 2.70. The van der Waals surface area contributed by atoms with Gasteiger partial charge in [-0.05, 0) is 48.9 Å². The van der Waals surface area contributed by atoms with Crippen molar-refractivity contribution in [2.45, 2.75) is 13.5 Å². The van der Waals surface area contributed by atoms with Crippen LogP contribution in [0.2, 0.25) is 0 Å². The molecule has 134 valence electrons. The van der Waals surface area contributed by atoms with Crippen LogP contribution in [0.25, 0.3) is 0 Å². The van der Waals surface area contributed by atoms with E-state index in [1.807, 2.05) is 48.7 Å². The molecule has 26 heavy (non-hydrogen) atoms. The highest BCUT2D eigenvalue weighted by Crippen LogP contribution is 2.23. The maximum absolute atomic E-state index is 12.0. The lowest BCUT2D eigenvalue weighted by atomic mass is 10.2. The SMILES string of the molecule is CCOc1ccc(NC(=O)NCc2ccc(Oc3nccs3)cc2)cc1. The quantitative estimate of drug-likeness (QED) is 0.635. The van der Waals surface area contributed by atoms with Crippen LogP contribution in [0.3, 0.4) is 0 Å². The number of nitrogens with one attached hydrogen (secondary N) is 2. The molecule has 0 aliphatic heterocycles. The molecule has 0 unspecified atom stereocenters. The zero-order valence-corrected chi connectivity index (χ0v) is 15.1. The van der Waals surface area contributed by atoms with Gasteiger partial charge < -0.3 is 20.1 Å². The predicted octanol–water partition coefficient (Wildman–Crippen LogP) is 4.66. The summed E-state index contributed by atoms with van der Waals surface area (Å²) >= 11 is 1.43. The van der Waals surface area contributed by atoms with Crippen molar-refractivity contribution in [1.29, 1.82) is 0 Å². The third-order valence-corrected chi connectivity index (χ3v) is 4.06. The zero-order chi connectivity index (χ0) is 18.2. The number of ether oxygens (including phenoxy) is 2. The van der Waals surface area contributed by atoms with Crippen molar-refractivity contribution < 1.29 is 14.3 Å². The lowest BCUT2D eigenvalue weighted by molar-refractivity contribution is 0.251. The first-order valence-electron chi connectivity index (χ1n) is 8.17. The van der Waals surface area contributed by atoms with E-state index in [4.69, 9.17) is 9.47 Å². The van der Waals surface area contributed by atoms with Crippen LogP contribution < -0.4 is 20.1 Å². The Labute approximate surface area is 155 Å². The molecule has 1 aromatic heterocycles. The van der Waals surface area contributed by atoms with Gasteiger partial charge in [0.25, 0.3) is 5.19 Å². The van der Waals surface area contributed by atoms with E-state index >= 15 is 0 Å². The Morgan fingerprint density at radius 1 is 1.08 bits per heavy atom. The van der Waals surface area contributed by atoms with E-state index in [-0.39, 0.29) is 6.03 Å². The summed E-state index contributed by atoms with van der Waals surface area (Å²) in [6, 6.07) is 14.5. The normalized spacial score (nSPS) is 10.2. The van der Waals surface area contributed by atoms with Gasteiger partial charge >= 0.3 is 6.03 Å². The number of carbonyl (C=O) groups is 1. The second-order valence-electron chi connectivity index (χ2n) is 5.31. The summed E-state index contributed by atoms with van der Waals surface area (Å²) < 4.78 is 11.0. The van der Waals surface area contributed by atoms with E-state index in [1.54, 1.807) is 18.3 Å². The first-order chi connectivity index (χ1) is 12.7. The van der Waals surface area contributed by atoms with Gasteiger partial charge in [-0.3, -0.25) is 0 Å². The lowest BCUT2D eigenvalue weighted by Crippen LogP contribution is -2.28.